The predicted octanol–water partition coefficient (Wildman–Crippen LogP) is 1.65. The summed E-state index contributed by atoms with van der Waals surface area (Å²) < 4.78 is 4.96. The molecule has 0 bridgehead atoms. The molecule has 0 aliphatic carbocycles. The van der Waals surface area contributed by atoms with Crippen LogP contribution in [0.1, 0.15) is 12.5 Å². The molecule has 0 saturated carbocycles. The number of amides is 1. The minimum absolute atomic E-state index is 0.0295. The van der Waals surface area contributed by atoms with E-state index in [0.29, 0.717) is 6.61 Å². The van der Waals surface area contributed by atoms with Crippen LogP contribution in [0.5, 0.6) is 0 Å². The molecule has 5 nitrogen and oxygen atoms in total. The van der Waals surface area contributed by atoms with Gasteiger partial charge in [0.25, 0.3) is 5.91 Å². The lowest BCUT2D eigenvalue weighted by Gasteiger charge is -1.98. The molecule has 1 heterocycles. The van der Waals surface area contributed by atoms with Crippen LogP contribution >= 0.6 is 0 Å². The highest BCUT2D eigenvalue weighted by molar-refractivity contribution is 5.99. The lowest BCUT2D eigenvalue weighted by atomic mass is 10.2. The van der Waals surface area contributed by atoms with E-state index in [2.05, 4.69) is 15.5 Å². The molecule has 0 saturated heterocycles. The number of hydrazone groups is 1. The van der Waals surface area contributed by atoms with Crippen LogP contribution in [0.3, 0.4) is 0 Å². The summed E-state index contributed by atoms with van der Waals surface area (Å²) in [5.74, 6) is -0.257. The Kier molecular flexibility index (Phi) is 4.09. The Morgan fingerprint density at radius 3 is 3.17 bits per heavy atom. The van der Waals surface area contributed by atoms with Gasteiger partial charge in [-0.1, -0.05) is 18.2 Å². The summed E-state index contributed by atoms with van der Waals surface area (Å²) in [5.41, 5.74) is 4.39. The highest BCUT2D eigenvalue weighted by Crippen LogP contribution is 2.15. The van der Waals surface area contributed by atoms with Gasteiger partial charge in [0, 0.05) is 29.3 Å². The number of carbonyl (C=O) groups excluding carboxylic acids is 1. The molecule has 5 heteroatoms. The number of fused-ring (bicyclic) bond motifs is 1. The number of aromatic nitrogens is 1. The van der Waals surface area contributed by atoms with E-state index in [0.717, 1.165) is 16.5 Å². The van der Waals surface area contributed by atoms with Crippen LogP contribution in [0.25, 0.3) is 10.9 Å². The second kappa shape index (κ2) is 5.97. The molecular weight excluding hydrogens is 230 g/mol. The van der Waals surface area contributed by atoms with E-state index in [9.17, 15) is 4.79 Å². The highest BCUT2D eigenvalue weighted by Gasteiger charge is 2.00. The number of carbonyl (C=O) groups is 1. The molecule has 1 aromatic carbocycles. The van der Waals surface area contributed by atoms with Gasteiger partial charge in [-0.05, 0) is 13.0 Å². The molecular formula is C13H15N3O2. The van der Waals surface area contributed by atoms with Gasteiger partial charge in [-0.2, -0.15) is 5.10 Å². The van der Waals surface area contributed by atoms with Gasteiger partial charge >= 0.3 is 0 Å². The molecule has 0 atom stereocenters. The molecule has 94 valence electrons. The quantitative estimate of drug-likeness (QED) is 0.621. The first-order valence-corrected chi connectivity index (χ1v) is 5.77. The molecule has 1 amide bonds. The number of hydrogen-bond acceptors (Lipinski definition) is 3. The summed E-state index contributed by atoms with van der Waals surface area (Å²) in [6.45, 7) is 2.38. The minimum Gasteiger partial charge on any atom is -0.372 e. The smallest absolute Gasteiger partial charge is 0.266 e. The molecule has 2 rings (SSSR count). The molecule has 0 spiro atoms. The number of ether oxygens (including phenoxy) is 1. The van der Waals surface area contributed by atoms with Gasteiger partial charge in [-0.25, -0.2) is 5.43 Å². The van der Waals surface area contributed by atoms with E-state index < -0.39 is 0 Å². The summed E-state index contributed by atoms with van der Waals surface area (Å²) in [5, 5.41) is 4.96. The maximum atomic E-state index is 11.2. The van der Waals surface area contributed by atoms with Crippen molar-refractivity contribution in [1.29, 1.82) is 0 Å². The minimum atomic E-state index is -0.257. The summed E-state index contributed by atoms with van der Waals surface area (Å²) in [4.78, 5) is 14.4. The van der Waals surface area contributed by atoms with Crippen molar-refractivity contribution in [3.8, 4) is 0 Å². The first-order valence-electron chi connectivity index (χ1n) is 5.77. The Morgan fingerprint density at radius 2 is 2.33 bits per heavy atom. The third kappa shape index (κ3) is 2.95. The summed E-state index contributed by atoms with van der Waals surface area (Å²) in [6, 6.07) is 7.90. The van der Waals surface area contributed by atoms with Crippen LogP contribution in [0.15, 0.2) is 35.6 Å². The summed E-state index contributed by atoms with van der Waals surface area (Å²) in [7, 11) is 0. The number of H-pyrrole nitrogens is 1. The number of hydrogen-bond donors (Lipinski definition) is 2. The van der Waals surface area contributed by atoms with Crippen LogP contribution in [0, 0.1) is 0 Å². The fourth-order valence-corrected chi connectivity index (χ4v) is 1.60. The number of nitrogens with zero attached hydrogens (tertiary/aromatic N) is 1. The molecule has 0 aliphatic rings. The van der Waals surface area contributed by atoms with Crippen LogP contribution < -0.4 is 5.43 Å². The van der Waals surface area contributed by atoms with Crippen molar-refractivity contribution in [2.75, 3.05) is 13.2 Å². The van der Waals surface area contributed by atoms with Gasteiger partial charge in [-0.15, -0.1) is 0 Å². The second-order valence-corrected chi connectivity index (χ2v) is 3.72. The average molecular weight is 245 g/mol. The van der Waals surface area contributed by atoms with Crippen molar-refractivity contribution in [3.05, 3.63) is 36.0 Å². The maximum Gasteiger partial charge on any atom is 0.266 e. The zero-order chi connectivity index (χ0) is 12.8. The number of para-hydroxylation sites is 1. The third-order valence-corrected chi connectivity index (χ3v) is 2.45. The first kappa shape index (κ1) is 12.3. The van der Waals surface area contributed by atoms with Crippen molar-refractivity contribution < 1.29 is 9.53 Å². The molecule has 18 heavy (non-hydrogen) atoms. The Labute approximate surface area is 105 Å². The average Bonchev–Trinajstić information content (AvgIpc) is 2.80. The molecule has 1 aromatic heterocycles. The number of rotatable bonds is 5. The summed E-state index contributed by atoms with van der Waals surface area (Å²) in [6.07, 6.45) is 3.46. The fraction of sp³-hybridized carbons (Fsp3) is 0.231. The van der Waals surface area contributed by atoms with E-state index >= 15 is 0 Å². The van der Waals surface area contributed by atoms with Crippen molar-refractivity contribution in [1.82, 2.24) is 10.4 Å². The zero-order valence-corrected chi connectivity index (χ0v) is 10.1. The van der Waals surface area contributed by atoms with E-state index in [-0.39, 0.29) is 12.5 Å². The van der Waals surface area contributed by atoms with Gasteiger partial charge < -0.3 is 9.72 Å². The maximum absolute atomic E-state index is 11.2. The third-order valence-electron chi connectivity index (χ3n) is 2.45. The Morgan fingerprint density at radius 1 is 1.50 bits per heavy atom. The monoisotopic (exact) mass is 245 g/mol. The molecule has 0 fully saturated rings. The zero-order valence-electron chi connectivity index (χ0n) is 10.1. The highest BCUT2D eigenvalue weighted by atomic mass is 16.5. The van der Waals surface area contributed by atoms with Gasteiger partial charge in [-0.3, -0.25) is 4.79 Å². The van der Waals surface area contributed by atoms with Gasteiger partial charge in [0.05, 0.1) is 6.21 Å². The SMILES string of the molecule is CCOCC(=O)N/N=C/c1c[nH]c2ccccc12. The van der Waals surface area contributed by atoms with Crippen LogP contribution in [-0.4, -0.2) is 30.3 Å². The molecule has 2 N–H and O–H groups in total. The Hall–Kier alpha value is -2.14. The van der Waals surface area contributed by atoms with E-state index in [1.807, 2.05) is 37.4 Å². The van der Waals surface area contributed by atoms with E-state index in [1.165, 1.54) is 0 Å². The number of aromatic amines is 1. The van der Waals surface area contributed by atoms with Crippen molar-refractivity contribution in [2.24, 2.45) is 5.10 Å². The van der Waals surface area contributed by atoms with Crippen molar-refractivity contribution in [2.45, 2.75) is 6.92 Å². The lowest BCUT2D eigenvalue weighted by Crippen LogP contribution is -2.22. The predicted molar refractivity (Wildman–Crippen MR) is 70.5 cm³/mol. The van der Waals surface area contributed by atoms with Crippen molar-refractivity contribution in [3.63, 3.8) is 0 Å². The normalized spacial score (nSPS) is 11.2. The topological polar surface area (TPSA) is 66.5 Å². The lowest BCUT2D eigenvalue weighted by molar-refractivity contribution is -0.125. The van der Waals surface area contributed by atoms with Crippen LogP contribution in [0.4, 0.5) is 0 Å². The molecule has 0 unspecified atom stereocenters. The van der Waals surface area contributed by atoms with Crippen LogP contribution in [-0.2, 0) is 9.53 Å². The standard InChI is InChI=1S/C13H15N3O2/c1-2-18-9-13(17)16-15-8-10-7-14-12-6-4-3-5-11(10)12/h3-8,14H,2,9H2,1H3,(H,16,17)/b15-8+. The van der Waals surface area contributed by atoms with Gasteiger partial charge in [0.2, 0.25) is 0 Å². The van der Waals surface area contributed by atoms with Gasteiger partial charge in [0.1, 0.15) is 6.61 Å². The van der Waals surface area contributed by atoms with Gasteiger partial charge in [0.15, 0.2) is 0 Å². The van der Waals surface area contributed by atoms with Crippen LogP contribution in [0.2, 0.25) is 0 Å². The van der Waals surface area contributed by atoms with Crippen molar-refractivity contribution >= 4 is 23.0 Å². The Balaban J connectivity index is 1.99. The molecule has 0 aliphatic heterocycles. The molecule has 0 radical (unpaired) electrons. The number of benzene rings is 1. The second-order valence-electron chi connectivity index (χ2n) is 3.72. The molecule has 2 aromatic rings. The first-order chi connectivity index (χ1) is 8.81. The summed E-state index contributed by atoms with van der Waals surface area (Å²) >= 11 is 0. The largest absolute Gasteiger partial charge is 0.372 e. The number of nitrogens with one attached hydrogen (secondary N) is 2. The Bertz CT molecular complexity index is 560. The van der Waals surface area contributed by atoms with E-state index in [4.69, 9.17) is 4.74 Å². The van der Waals surface area contributed by atoms with E-state index in [1.54, 1.807) is 6.21 Å². The fourth-order valence-electron chi connectivity index (χ4n) is 1.60.